The van der Waals surface area contributed by atoms with Crippen molar-refractivity contribution in [3.05, 3.63) is 0 Å². The van der Waals surface area contributed by atoms with E-state index in [1.165, 1.54) is 6.92 Å². The number of thiol groups is 2. The van der Waals surface area contributed by atoms with Crippen LogP contribution in [0, 0.1) is 0 Å². The van der Waals surface area contributed by atoms with Crippen LogP contribution in [0.3, 0.4) is 0 Å². The van der Waals surface area contributed by atoms with E-state index >= 15 is 0 Å². The van der Waals surface area contributed by atoms with Gasteiger partial charge in [-0.3, -0.25) is 19.2 Å². The fourth-order valence-corrected chi connectivity index (χ4v) is 2.36. The van der Waals surface area contributed by atoms with Crippen LogP contribution in [-0.2, 0) is 24.0 Å². The molecule has 0 aromatic carbocycles. The molecule has 0 bridgehead atoms. The van der Waals surface area contributed by atoms with Gasteiger partial charge in [0.15, 0.2) is 0 Å². The molecule has 0 saturated carbocycles. The first-order valence-electron chi connectivity index (χ1n) is 7.95. The maximum atomic E-state index is 12.3. The number of aliphatic hydroxyl groups is 1. The summed E-state index contributed by atoms with van der Waals surface area (Å²) in [5.74, 6) is -5.88. The van der Waals surface area contributed by atoms with Gasteiger partial charge in [0.1, 0.15) is 18.1 Å². The van der Waals surface area contributed by atoms with Crippen molar-refractivity contribution in [1.82, 2.24) is 16.0 Å². The van der Waals surface area contributed by atoms with Gasteiger partial charge in [-0.2, -0.15) is 25.3 Å². The number of aliphatic hydroxyl groups excluding tert-OH is 1. The second kappa shape index (κ2) is 12.4. The first kappa shape index (κ1) is 26.0. The smallest absolute Gasteiger partial charge is 0.327 e. The van der Waals surface area contributed by atoms with Crippen LogP contribution in [0.1, 0.15) is 13.3 Å². The molecule has 8 N–H and O–H groups in total. The predicted molar refractivity (Wildman–Crippen MR) is 103 cm³/mol. The van der Waals surface area contributed by atoms with Gasteiger partial charge < -0.3 is 37.0 Å². The largest absolute Gasteiger partial charge is 0.481 e. The number of carboxylic acid groups (broad SMARTS) is 2. The molecule has 0 rings (SSSR count). The van der Waals surface area contributed by atoms with E-state index < -0.39 is 66.4 Å². The summed E-state index contributed by atoms with van der Waals surface area (Å²) in [6, 6.07) is -5.57. The molecule has 0 aliphatic rings. The van der Waals surface area contributed by atoms with Crippen molar-refractivity contribution in [2.45, 2.75) is 43.6 Å². The highest BCUT2D eigenvalue weighted by Crippen LogP contribution is 2.00. The SMILES string of the molecule is CC(O)C(NC(=O)C(N)CC(=O)O)C(=O)NC(CS)C(=O)NC(CS)C(=O)O. The molecular formula is C14H24N4O8S2. The lowest BCUT2D eigenvalue weighted by Gasteiger charge is -2.25. The van der Waals surface area contributed by atoms with Gasteiger partial charge in [-0.05, 0) is 6.92 Å². The molecule has 0 aromatic rings. The molecule has 0 saturated heterocycles. The van der Waals surface area contributed by atoms with Gasteiger partial charge in [0.2, 0.25) is 17.7 Å². The second-order valence-electron chi connectivity index (χ2n) is 5.76. The van der Waals surface area contributed by atoms with Crippen LogP contribution in [0.2, 0.25) is 0 Å². The predicted octanol–water partition coefficient (Wildman–Crippen LogP) is -3.43. The lowest BCUT2D eigenvalue weighted by molar-refractivity contribution is -0.141. The van der Waals surface area contributed by atoms with Crippen molar-refractivity contribution in [2.24, 2.45) is 5.73 Å². The fraction of sp³-hybridized carbons (Fsp3) is 0.643. The van der Waals surface area contributed by atoms with Gasteiger partial charge >= 0.3 is 11.9 Å². The highest BCUT2D eigenvalue weighted by molar-refractivity contribution is 7.80. The minimum Gasteiger partial charge on any atom is -0.481 e. The summed E-state index contributed by atoms with van der Waals surface area (Å²) in [6.07, 6.45) is -2.10. The fourth-order valence-electron chi connectivity index (χ4n) is 1.86. The Hall–Kier alpha value is -2.03. The zero-order valence-corrected chi connectivity index (χ0v) is 16.7. The van der Waals surface area contributed by atoms with E-state index in [-0.39, 0.29) is 11.5 Å². The van der Waals surface area contributed by atoms with Gasteiger partial charge in [-0.25, -0.2) is 4.79 Å². The molecule has 0 heterocycles. The Morgan fingerprint density at radius 3 is 1.79 bits per heavy atom. The third-order valence-corrected chi connectivity index (χ3v) is 4.14. The van der Waals surface area contributed by atoms with E-state index in [4.69, 9.17) is 15.9 Å². The number of hydrogen-bond donors (Lipinski definition) is 9. The zero-order valence-electron chi connectivity index (χ0n) is 14.9. The third kappa shape index (κ3) is 8.77. The summed E-state index contributed by atoms with van der Waals surface area (Å²) in [7, 11) is 0. The van der Waals surface area contributed by atoms with E-state index in [0.29, 0.717) is 0 Å². The number of carboxylic acids is 2. The van der Waals surface area contributed by atoms with Crippen molar-refractivity contribution in [1.29, 1.82) is 0 Å². The van der Waals surface area contributed by atoms with E-state index in [2.05, 4.69) is 41.2 Å². The quantitative estimate of drug-likeness (QED) is 0.138. The molecule has 12 nitrogen and oxygen atoms in total. The van der Waals surface area contributed by atoms with Crippen molar-refractivity contribution in [2.75, 3.05) is 11.5 Å². The summed E-state index contributed by atoms with van der Waals surface area (Å²) in [5, 5.41) is 33.8. The topological polar surface area (TPSA) is 208 Å². The molecule has 5 atom stereocenters. The van der Waals surface area contributed by atoms with Crippen LogP contribution in [0.4, 0.5) is 0 Å². The lowest BCUT2D eigenvalue weighted by Crippen LogP contribution is -2.60. The third-order valence-electron chi connectivity index (χ3n) is 3.41. The van der Waals surface area contributed by atoms with Crippen LogP contribution < -0.4 is 21.7 Å². The van der Waals surface area contributed by atoms with E-state index in [9.17, 15) is 29.1 Å². The number of carbonyl (C=O) groups excluding carboxylic acids is 3. The highest BCUT2D eigenvalue weighted by atomic mass is 32.1. The van der Waals surface area contributed by atoms with Crippen LogP contribution in [0.15, 0.2) is 0 Å². The molecule has 0 fully saturated rings. The summed E-state index contributed by atoms with van der Waals surface area (Å²) >= 11 is 7.72. The second-order valence-corrected chi connectivity index (χ2v) is 6.49. The monoisotopic (exact) mass is 440 g/mol. The van der Waals surface area contributed by atoms with Crippen molar-refractivity contribution in [3.8, 4) is 0 Å². The Morgan fingerprint density at radius 1 is 0.893 bits per heavy atom. The molecule has 0 aromatic heterocycles. The molecule has 14 heteroatoms. The Morgan fingerprint density at radius 2 is 1.39 bits per heavy atom. The number of carbonyl (C=O) groups is 5. The number of nitrogens with two attached hydrogens (primary N) is 1. The number of nitrogens with one attached hydrogen (secondary N) is 3. The minimum absolute atomic E-state index is 0.192. The molecule has 0 radical (unpaired) electrons. The average molecular weight is 441 g/mol. The number of hydrogen-bond acceptors (Lipinski definition) is 9. The van der Waals surface area contributed by atoms with Crippen molar-refractivity contribution >= 4 is 54.9 Å². The Kier molecular flexibility index (Phi) is 11.5. The summed E-state index contributed by atoms with van der Waals surface area (Å²) in [5.41, 5.74) is 5.40. The molecule has 0 spiro atoms. The molecule has 3 amide bonds. The minimum atomic E-state index is -1.54. The maximum absolute atomic E-state index is 12.3. The van der Waals surface area contributed by atoms with Crippen molar-refractivity contribution < 1.29 is 39.3 Å². The maximum Gasteiger partial charge on any atom is 0.327 e. The number of rotatable bonds is 12. The van der Waals surface area contributed by atoms with E-state index in [1.54, 1.807) is 0 Å². The van der Waals surface area contributed by atoms with Gasteiger partial charge in [0, 0.05) is 11.5 Å². The Bertz CT molecular complexity index is 604. The van der Waals surface area contributed by atoms with E-state index in [0.717, 1.165) is 0 Å². The van der Waals surface area contributed by atoms with Crippen LogP contribution in [0.25, 0.3) is 0 Å². The Labute approximate surface area is 171 Å². The Balaban J connectivity index is 5.09. The summed E-state index contributed by atoms with van der Waals surface area (Å²) in [4.78, 5) is 57.9. The number of amides is 3. The molecule has 5 unspecified atom stereocenters. The molecule has 0 aliphatic carbocycles. The van der Waals surface area contributed by atoms with E-state index in [1.807, 2.05) is 0 Å². The number of aliphatic carboxylic acids is 2. The summed E-state index contributed by atoms with van der Waals surface area (Å²) < 4.78 is 0. The molecular weight excluding hydrogens is 416 g/mol. The van der Waals surface area contributed by atoms with Crippen LogP contribution >= 0.6 is 25.3 Å². The normalized spacial score (nSPS) is 16.0. The van der Waals surface area contributed by atoms with Crippen LogP contribution in [-0.4, -0.2) is 86.8 Å². The first-order valence-corrected chi connectivity index (χ1v) is 9.22. The van der Waals surface area contributed by atoms with Crippen LogP contribution in [0.5, 0.6) is 0 Å². The van der Waals surface area contributed by atoms with Gasteiger partial charge in [-0.1, -0.05) is 0 Å². The molecule has 0 aliphatic heterocycles. The highest BCUT2D eigenvalue weighted by Gasteiger charge is 2.32. The zero-order chi connectivity index (χ0) is 22.0. The first-order chi connectivity index (χ1) is 12.9. The average Bonchev–Trinajstić information content (AvgIpc) is 2.59. The standard InChI is InChI=1S/C14H24N4O8S2/c1-5(19)10(18-11(22)6(15)2-9(20)21)13(24)16-7(3-27)12(23)17-8(4-28)14(25)26/h5-8,10,19,27-28H,2-4,15H2,1H3,(H,16,24)(H,17,23)(H,18,22)(H,20,21)(H,25,26). The molecule has 28 heavy (non-hydrogen) atoms. The van der Waals surface area contributed by atoms with Gasteiger partial charge in [-0.15, -0.1) is 0 Å². The molecule has 160 valence electrons. The van der Waals surface area contributed by atoms with Crippen molar-refractivity contribution in [3.63, 3.8) is 0 Å². The van der Waals surface area contributed by atoms with Gasteiger partial charge in [0.25, 0.3) is 0 Å². The van der Waals surface area contributed by atoms with Gasteiger partial charge in [0.05, 0.1) is 18.6 Å². The lowest BCUT2D eigenvalue weighted by atomic mass is 10.1. The summed E-state index contributed by atoms with van der Waals surface area (Å²) in [6.45, 7) is 1.18.